The van der Waals surface area contributed by atoms with Gasteiger partial charge in [0.05, 0.1) is 0 Å². The topological polar surface area (TPSA) is 29.3 Å². The molecule has 0 aliphatic rings. The standard InChI is InChI=1S/C15H17N2/c1-17(2)15-5-3-4-14(10-15)13-8-6-12(11-16)7-9-13/h3-4,6-10H,11,16H2,1-2H3. The molecular formula is C15H17N2. The monoisotopic (exact) mass is 225 g/mol. The average Bonchev–Trinajstić information content (AvgIpc) is 2.39. The van der Waals surface area contributed by atoms with Crippen molar-refractivity contribution < 1.29 is 0 Å². The van der Waals surface area contributed by atoms with E-state index in [1.807, 2.05) is 20.2 Å². The molecule has 0 amide bonds. The van der Waals surface area contributed by atoms with E-state index in [0.717, 1.165) is 11.3 Å². The second-order valence-corrected chi connectivity index (χ2v) is 4.26. The molecule has 0 saturated carbocycles. The van der Waals surface area contributed by atoms with Gasteiger partial charge in [-0.05, 0) is 22.8 Å². The van der Waals surface area contributed by atoms with Crippen LogP contribution in [0.1, 0.15) is 5.56 Å². The third-order valence-electron chi connectivity index (χ3n) is 2.79. The van der Waals surface area contributed by atoms with Gasteiger partial charge in [0.1, 0.15) is 0 Å². The van der Waals surface area contributed by atoms with Gasteiger partial charge in [0.2, 0.25) is 0 Å². The van der Waals surface area contributed by atoms with Crippen molar-refractivity contribution in [1.29, 1.82) is 0 Å². The first-order valence-electron chi connectivity index (χ1n) is 5.69. The summed E-state index contributed by atoms with van der Waals surface area (Å²) < 4.78 is 0. The van der Waals surface area contributed by atoms with E-state index in [2.05, 4.69) is 47.4 Å². The fourth-order valence-electron chi connectivity index (χ4n) is 1.72. The number of nitrogens with zero attached hydrogens (tertiary/aromatic N) is 1. The number of nitrogens with two attached hydrogens (primary N) is 1. The van der Waals surface area contributed by atoms with Crippen LogP contribution in [0, 0.1) is 6.07 Å². The summed E-state index contributed by atoms with van der Waals surface area (Å²) >= 11 is 0. The van der Waals surface area contributed by atoms with Gasteiger partial charge in [-0.2, -0.15) is 0 Å². The lowest BCUT2D eigenvalue weighted by molar-refractivity contribution is 1.07. The van der Waals surface area contributed by atoms with E-state index in [0.29, 0.717) is 6.54 Å². The molecule has 2 heteroatoms. The molecule has 0 saturated heterocycles. The second-order valence-electron chi connectivity index (χ2n) is 4.26. The van der Waals surface area contributed by atoms with Crippen molar-refractivity contribution in [3.8, 4) is 11.1 Å². The normalized spacial score (nSPS) is 10.3. The first-order valence-corrected chi connectivity index (χ1v) is 5.69. The molecule has 0 aliphatic heterocycles. The van der Waals surface area contributed by atoms with Crippen molar-refractivity contribution in [2.24, 2.45) is 5.73 Å². The minimum absolute atomic E-state index is 0.589. The maximum Gasteiger partial charge on any atom is 0.0447 e. The van der Waals surface area contributed by atoms with E-state index in [9.17, 15) is 0 Å². The smallest absolute Gasteiger partial charge is 0.0447 e. The molecule has 2 rings (SSSR count). The van der Waals surface area contributed by atoms with Crippen LogP contribution in [-0.2, 0) is 6.54 Å². The summed E-state index contributed by atoms with van der Waals surface area (Å²) in [4.78, 5) is 2.05. The summed E-state index contributed by atoms with van der Waals surface area (Å²) in [6.07, 6.45) is 0. The zero-order valence-electron chi connectivity index (χ0n) is 10.3. The third kappa shape index (κ3) is 2.66. The molecule has 2 aromatic carbocycles. The summed E-state index contributed by atoms with van der Waals surface area (Å²) in [6.45, 7) is 0.589. The minimum Gasteiger partial charge on any atom is -0.377 e. The molecule has 2 aromatic rings. The Morgan fingerprint density at radius 1 is 1.06 bits per heavy atom. The van der Waals surface area contributed by atoms with Crippen molar-refractivity contribution in [3.63, 3.8) is 0 Å². The Bertz CT molecular complexity index is 487. The number of rotatable bonds is 3. The molecule has 0 aromatic heterocycles. The summed E-state index contributed by atoms with van der Waals surface area (Å²) in [5.74, 6) is 0. The SMILES string of the molecule is CN(C)c1[c]ccc(-c2ccc(CN)cc2)c1. The maximum absolute atomic E-state index is 5.59. The number of anilines is 1. The molecule has 2 nitrogen and oxygen atoms in total. The van der Waals surface area contributed by atoms with E-state index in [1.54, 1.807) is 0 Å². The lowest BCUT2D eigenvalue weighted by Gasteiger charge is -2.13. The van der Waals surface area contributed by atoms with E-state index >= 15 is 0 Å². The molecule has 0 heterocycles. The molecule has 0 atom stereocenters. The molecular weight excluding hydrogens is 208 g/mol. The minimum atomic E-state index is 0.589. The quantitative estimate of drug-likeness (QED) is 0.870. The fourth-order valence-corrected chi connectivity index (χ4v) is 1.72. The Morgan fingerprint density at radius 3 is 2.35 bits per heavy atom. The lowest BCUT2D eigenvalue weighted by atomic mass is 10.0. The highest BCUT2D eigenvalue weighted by molar-refractivity contribution is 5.68. The van der Waals surface area contributed by atoms with Gasteiger partial charge in [-0.3, -0.25) is 0 Å². The van der Waals surface area contributed by atoms with Gasteiger partial charge in [0.15, 0.2) is 0 Å². The Morgan fingerprint density at radius 2 is 1.76 bits per heavy atom. The van der Waals surface area contributed by atoms with Crippen LogP contribution >= 0.6 is 0 Å². The molecule has 0 fully saturated rings. The number of hydrogen-bond acceptors (Lipinski definition) is 2. The summed E-state index contributed by atoms with van der Waals surface area (Å²) in [5, 5.41) is 0. The molecule has 17 heavy (non-hydrogen) atoms. The number of benzene rings is 2. The van der Waals surface area contributed by atoms with Crippen molar-refractivity contribution in [1.82, 2.24) is 0 Å². The summed E-state index contributed by atoms with van der Waals surface area (Å²) in [6, 6.07) is 17.7. The first kappa shape index (κ1) is 11.7. The van der Waals surface area contributed by atoms with Crippen LogP contribution in [-0.4, -0.2) is 14.1 Å². The predicted molar refractivity (Wildman–Crippen MR) is 72.9 cm³/mol. The molecule has 2 N–H and O–H groups in total. The van der Waals surface area contributed by atoms with E-state index in [-0.39, 0.29) is 0 Å². The number of hydrogen-bond donors (Lipinski definition) is 1. The van der Waals surface area contributed by atoms with Crippen LogP contribution in [0.3, 0.4) is 0 Å². The van der Waals surface area contributed by atoms with Gasteiger partial charge in [0.25, 0.3) is 0 Å². The van der Waals surface area contributed by atoms with Gasteiger partial charge in [-0.1, -0.05) is 36.4 Å². The molecule has 0 aliphatic carbocycles. The van der Waals surface area contributed by atoms with Gasteiger partial charge in [-0.15, -0.1) is 0 Å². The zero-order valence-corrected chi connectivity index (χ0v) is 10.3. The van der Waals surface area contributed by atoms with Gasteiger partial charge >= 0.3 is 0 Å². The molecule has 87 valence electrons. The second kappa shape index (κ2) is 5.02. The largest absolute Gasteiger partial charge is 0.377 e. The first-order chi connectivity index (χ1) is 8.20. The molecule has 1 radical (unpaired) electrons. The average molecular weight is 225 g/mol. The highest BCUT2D eigenvalue weighted by Gasteiger charge is 2.00. The Balaban J connectivity index is 2.35. The summed E-state index contributed by atoms with van der Waals surface area (Å²) in [5.41, 5.74) is 10.2. The van der Waals surface area contributed by atoms with Gasteiger partial charge < -0.3 is 10.6 Å². The zero-order chi connectivity index (χ0) is 12.3. The van der Waals surface area contributed by atoms with Gasteiger partial charge in [0, 0.05) is 32.4 Å². The van der Waals surface area contributed by atoms with Crippen LogP contribution in [0.4, 0.5) is 5.69 Å². The van der Waals surface area contributed by atoms with Crippen LogP contribution in [0.15, 0.2) is 42.5 Å². The maximum atomic E-state index is 5.59. The van der Waals surface area contributed by atoms with Crippen molar-refractivity contribution >= 4 is 5.69 Å². The van der Waals surface area contributed by atoms with E-state index in [4.69, 9.17) is 5.73 Å². The Kier molecular flexibility index (Phi) is 3.45. The Labute approximate surface area is 103 Å². The van der Waals surface area contributed by atoms with Crippen LogP contribution < -0.4 is 10.6 Å². The third-order valence-corrected chi connectivity index (χ3v) is 2.79. The summed E-state index contributed by atoms with van der Waals surface area (Å²) in [7, 11) is 4.04. The van der Waals surface area contributed by atoms with Crippen molar-refractivity contribution in [2.45, 2.75) is 6.54 Å². The van der Waals surface area contributed by atoms with Crippen LogP contribution in [0.5, 0.6) is 0 Å². The fraction of sp³-hybridized carbons (Fsp3) is 0.200. The highest BCUT2D eigenvalue weighted by atomic mass is 15.1. The van der Waals surface area contributed by atoms with Crippen LogP contribution in [0.25, 0.3) is 11.1 Å². The predicted octanol–water partition coefficient (Wildman–Crippen LogP) is 2.68. The van der Waals surface area contributed by atoms with Gasteiger partial charge in [-0.25, -0.2) is 0 Å². The molecule has 0 bridgehead atoms. The molecule has 0 unspecified atom stereocenters. The van der Waals surface area contributed by atoms with Crippen LogP contribution in [0.2, 0.25) is 0 Å². The van der Waals surface area contributed by atoms with E-state index in [1.165, 1.54) is 11.1 Å². The van der Waals surface area contributed by atoms with E-state index < -0.39 is 0 Å². The van der Waals surface area contributed by atoms with Crippen molar-refractivity contribution in [2.75, 3.05) is 19.0 Å². The highest BCUT2D eigenvalue weighted by Crippen LogP contribution is 2.23. The lowest BCUT2D eigenvalue weighted by Crippen LogP contribution is -2.08. The van der Waals surface area contributed by atoms with Crippen molar-refractivity contribution in [3.05, 3.63) is 54.1 Å². The Hall–Kier alpha value is -1.80. The molecule has 0 spiro atoms.